The Bertz CT molecular complexity index is 573. The molecular weight excluding hydrogens is 284 g/mol. The number of carbonyl (C=O) groups excluding carboxylic acids is 1. The molecule has 2 rings (SSSR count). The Labute approximate surface area is 120 Å². The molecule has 19 heavy (non-hydrogen) atoms. The van der Waals surface area contributed by atoms with E-state index in [4.69, 9.17) is 11.6 Å². The number of carbonyl (C=O) groups is 1. The van der Waals surface area contributed by atoms with E-state index in [0.29, 0.717) is 16.4 Å². The fourth-order valence-corrected chi connectivity index (χ4v) is 2.37. The first kappa shape index (κ1) is 13.8. The highest BCUT2D eigenvalue weighted by Crippen LogP contribution is 2.20. The van der Waals surface area contributed by atoms with Gasteiger partial charge in [-0.1, -0.05) is 11.6 Å². The molecule has 0 aromatic carbocycles. The van der Waals surface area contributed by atoms with Gasteiger partial charge in [0.1, 0.15) is 10.8 Å². The highest BCUT2D eigenvalue weighted by atomic mass is 35.5. The summed E-state index contributed by atoms with van der Waals surface area (Å²) < 4.78 is 0. The zero-order chi connectivity index (χ0) is 13.8. The third-order valence-electron chi connectivity index (χ3n) is 2.53. The molecule has 0 spiro atoms. The molecule has 7 heteroatoms. The van der Waals surface area contributed by atoms with E-state index in [2.05, 4.69) is 20.6 Å². The average Bonchev–Trinajstić information content (AvgIpc) is 2.93. The number of nitrogens with zero attached hydrogens (tertiary/aromatic N) is 2. The number of nitrogens with one attached hydrogen (secondary N) is 2. The number of pyridine rings is 1. The molecule has 0 aliphatic carbocycles. The molecule has 100 valence electrons. The van der Waals surface area contributed by atoms with Crippen molar-refractivity contribution in [2.45, 2.75) is 13.0 Å². The zero-order valence-corrected chi connectivity index (χ0v) is 12.0. The molecule has 2 N–H and O–H groups in total. The summed E-state index contributed by atoms with van der Waals surface area (Å²) in [7, 11) is 1.73. The Kier molecular flexibility index (Phi) is 4.34. The van der Waals surface area contributed by atoms with Gasteiger partial charge in [-0.25, -0.2) is 9.97 Å². The normalized spacial score (nSPS) is 11.9. The van der Waals surface area contributed by atoms with E-state index in [1.54, 1.807) is 19.3 Å². The number of rotatable bonds is 4. The van der Waals surface area contributed by atoms with Crippen molar-refractivity contribution in [3.63, 3.8) is 0 Å². The van der Waals surface area contributed by atoms with Crippen molar-refractivity contribution in [1.29, 1.82) is 0 Å². The molecule has 0 aliphatic heterocycles. The van der Waals surface area contributed by atoms with Gasteiger partial charge >= 0.3 is 0 Å². The molecule has 2 aromatic rings. The number of halogens is 1. The lowest BCUT2D eigenvalue weighted by molar-refractivity contribution is 0.0940. The van der Waals surface area contributed by atoms with E-state index in [1.165, 1.54) is 17.5 Å². The largest absolute Gasteiger partial charge is 0.373 e. The summed E-state index contributed by atoms with van der Waals surface area (Å²) in [6.07, 6.45) is 3.16. The summed E-state index contributed by atoms with van der Waals surface area (Å²) in [5.74, 6) is 0.350. The lowest BCUT2D eigenvalue weighted by Crippen LogP contribution is -2.27. The maximum atomic E-state index is 12.2. The van der Waals surface area contributed by atoms with Crippen LogP contribution in [-0.4, -0.2) is 22.9 Å². The van der Waals surface area contributed by atoms with Crippen LogP contribution in [0.2, 0.25) is 5.02 Å². The Hall–Kier alpha value is -1.66. The standard InChI is InChI=1S/C12H13ClN4OS/c1-7(12-15-3-4-19-12)17-11(18)8-5-10(14-2)16-6-9(8)13/h3-7H,1-2H3,(H,14,16)(H,17,18). The molecule has 0 bridgehead atoms. The third-order valence-corrected chi connectivity index (χ3v) is 3.78. The number of aromatic nitrogens is 2. The first-order chi connectivity index (χ1) is 9.11. The predicted molar refractivity (Wildman–Crippen MR) is 76.8 cm³/mol. The van der Waals surface area contributed by atoms with Crippen molar-refractivity contribution >= 4 is 34.7 Å². The molecule has 0 fully saturated rings. The minimum absolute atomic E-state index is 0.158. The number of anilines is 1. The third kappa shape index (κ3) is 3.21. The first-order valence-corrected chi connectivity index (χ1v) is 6.91. The van der Waals surface area contributed by atoms with Gasteiger partial charge in [-0.05, 0) is 13.0 Å². The van der Waals surface area contributed by atoms with E-state index in [0.717, 1.165) is 5.01 Å². The van der Waals surface area contributed by atoms with E-state index in [-0.39, 0.29) is 11.9 Å². The van der Waals surface area contributed by atoms with Crippen molar-refractivity contribution in [3.05, 3.63) is 39.4 Å². The molecular formula is C12H13ClN4OS. The molecule has 0 aliphatic rings. The molecule has 2 aromatic heterocycles. The number of hydrogen-bond donors (Lipinski definition) is 2. The summed E-state index contributed by atoms with van der Waals surface area (Å²) in [4.78, 5) is 20.4. The monoisotopic (exact) mass is 296 g/mol. The Morgan fingerprint density at radius 2 is 2.26 bits per heavy atom. The summed E-state index contributed by atoms with van der Waals surface area (Å²) in [5, 5.41) is 8.78. The van der Waals surface area contributed by atoms with Crippen LogP contribution in [0.3, 0.4) is 0 Å². The van der Waals surface area contributed by atoms with Gasteiger partial charge < -0.3 is 10.6 Å². The summed E-state index contributed by atoms with van der Waals surface area (Å²) >= 11 is 7.49. The summed E-state index contributed by atoms with van der Waals surface area (Å²) in [6, 6.07) is 1.46. The van der Waals surface area contributed by atoms with Crippen LogP contribution in [0.5, 0.6) is 0 Å². The second-order valence-electron chi connectivity index (χ2n) is 3.86. The van der Waals surface area contributed by atoms with Crippen LogP contribution < -0.4 is 10.6 Å². The molecule has 1 atom stereocenters. The van der Waals surface area contributed by atoms with Gasteiger partial charge in [0.15, 0.2) is 0 Å². The van der Waals surface area contributed by atoms with Crippen LogP contribution >= 0.6 is 22.9 Å². The van der Waals surface area contributed by atoms with Gasteiger partial charge in [0.05, 0.1) is 16.6 Å². The van der Waals surface area contributed by atoms with E-state index >= 15 is 0 Å². The maximum absolute atomic E-state index is 12.2. The molecule has 1 unspecified atom stereocenters. The van der Waals surface area contributed by atoms with Crippen molar-refractivity contribution in [2.75, 3.05) is 12.4 Å². The lowest BCUT2D eigenvalue weighted by Gasteiger charge is -2.12. The molecule has 2 heterocycles. The topological polar surface area (TPSA) is 66.9 Å². The van der Waals surface area contributed by atoms with E-state index in [1.807, 2.05) is 12.3 Å². The fraction of sp³-hybridized carbons (Fsp3) is 0.250. The molecule has 0 radical (unpaired) electrons. The van der Waals surface area contributed by atoms with Crippen LogP contribution in [0, 0.1) is 0 Å². The van der Waals surface area contributed by atoms with Crippen LogP contribution in [0.25, 0.3) is 0 Å². The van der Waals surface area contributed by atoms with Gasteiger partial charge in [-0.15, -0.1) is 11.3 Å². The van der Waals surface area contributed by atoms with Crippen molar-refractivity contribution in [2.24, 2.45) is 0 Å². The Morgan fingerprint density at radius 1 is 1.47 bits per heavy atom. The summed E-state index contributed by atoms with van der Waals surface area (Å²) in [5.41, 5.74) is 0.393. The second kappa shape index (κ2) is 5.99. The van der Waals surface area contributed by atoms with Crippen LogP contribution in [0.4, 0.5) is 5.82 Å². The Morgan fingerprint density at radius 3 is 2.89 bits per heavy atom. The van der Waals surface area contributed by atoms with Crippen LogP contribution in [-0.2, 0) is 0 Å². The first-order valence-electron chi connectivity index (χ1n) is 5.65. The molecule has 5 nitrogen and oxygen atoms in total. The van der Waals surface area contributed by atoms with Gasteiger partial charge in [-0.3, -0.25) is 4.79 Å². The van der Waals surface area contributed by atoms with Gasteiger partial charge in [0, 0.05) is 24.8 Å². The summed E-state index contributed by atoms with van der Waals surface area (Å²) in [6.45, 7) is 1.88. The van der Waals surface area contributed by atoms with E-state index in [9.17, 15) is 4.79 Å². The van der Waals surface area contributed by atoms with Crippen molar-refractivity contribution in [1.82, 2.24) is 15.3 Å². The average molecular weight is 297 g/mol. The molecule has 0 saturated carbocycles. The zero-order valence-electron chi connectivity index (χ0n) is 10.5. The van der Waals surface area contributed by atoms with Crippen LogP contribution in [0.15, 0.2) is 23.8 Å². The predicted octanol–water partition coefficient (Wildman–Crippen LogP) is 2.72. The van der Waals surface area contributed by atoms with E-state index < -0.39 is 0 Å². The molecule has 0 saturated heterocycles. The number of thiazole rings is 1. The molecule has 1 amide bonds. The Balaban J connectivity index is 2.16. The SMILES string of the molecule is CNc1cc(C(=O)NC(C)c2nccs2)c(Cl)cn1. The quantitative estimate of drug-likeness (QED) is 0.910. The highest BCUT2D eigenvalue weighted by Gasteiger charge is 2.16. The van der Waals surface area contributed by atoms with Gasteiger partial charge in [-0.2, -0.15) is 0 Å². The minimum Gasteiger partial charge on any atom is -0.373 e. The highest BCUT2D eigenvalue weighted by molar-refractivity contribution is 7.09. The number of amides is 1. The lowest BCUT2D eigenvalue weighted by atomic mass is 10.2. The van der Waals surface area contributed by atoms with Crippen molar-refractivity contribution in [3.8, 4) is 0 Å². The number of hydrogen-bond acceptors (Lipinski definition) is 5. The van der Waals surface area contributed by atoms with Crippen molar-refractivity contribution < 1.29 is 4.79 Å². The smallest absolute Gasteiger partial charge is 0.253 e. The fourth-order valence-electron chi connectivity index (χ4n) is 1.53. The maximum Gasteiger partial charge on any atom is 0.253 e. The second-order valence-corrected chi connectivity index (χ2v) is 5.20. The van der Waals surface area contributed by atoms with Crippen LogP contribution in [0.1, 0.15) is 28.3 Å². The van der Waals surface area contributed by atoms with Gasteiger partial charge in [0.25, 0.3) is 5.91 Å². The van der Waals surface area contributed by atoms with Gasteiger partial charge in [0.2, 0.25) is 0 Å². The minimum atomic E-state index is -0.244.